The number of ether oxygens (including phenoxy) is 1. The maximum absolute atomic E-state index is 11.6. The summed E-state index contributed by atoms with van der Waals surface area (Å²) in [7, 11) is 0. The fraction of sp³-hybridized carbons (Fsp3) is 0.556. The fourth-order valence-corrected chi connectivity index (χ4v) is 1.86. The van der Waals surface area contributed by atoms with Gasteiger partial charge in [0.05, 0.1) is 17.7 Å². The average Bonchev–Trinajstić information content (AvgIpc) is 2.65. The molecule has 0 bridgehead atoms. The van der Waals surface area contributed by atoms with Gasteiger partial charge in [-0.05, 0) is 0 Å². The van der Waals surface area contributed by atoms with E-state index in [0.29, 0.717) is 0 Å². The molecule has 2 heterocycles. The molecule has 0 saturated carbocycles. The molecule has 1 aliphatic heterocycles. The Labute approximate surface area is 101 Å². The van der Waals surface area contributed by atoms with Crippen LogP contribution >= 0.6 is 11.6 Å². The third-order valence-electron chi connectivity index (χ3n) is 2.63. The van der Waals surface area contributed by atoms with E-state index in [1.165, 1.54) is 6.20 Å². The van der Waals surface area contributed by atoms with Crippen molar-refractivity contribution in [1.29, 1.82) is 0 Å². The monoisotopic (exact) mass is 261 g/mol. The first-order valence-electron chi connectivity index (χ1n) is 5.01. The van der Waals surface area contributed by atoms with Crippen LogP contribution in [0.25, 0.3) is 0 Å². The normalized spacial score (nSPS) is 28.5. The highest BCUT2D eigenvalue weighted by atomic mass is 35.5. The van der Waals surface area contributed by atoms with Gasteiger partial charge in [0, 0.05) is 12.6 Å². The lowest BCUT2D eigenvalue weighted by molar-refractivity contribution is -0.0458. The summed E-state index contributed by atoms with van der Waals surface area (Å²) in [5, 5.41) is 18.6. The molecule has 1 aromatic heterocycles. The lowest BCUT2D eigenvalue weighted by atomic mass is 10.2. The molecule has 1 fully saturated rings. The van der Waals surface area contributed by atoms with E-state index >= 15 is 0 Å². The zero-order valence-electron chi connectivity index (χ0n) is 8.78. The first-order chi connectivity index (χ1) is 8.02. The molecule has 0 unspecified atom stereocenters. The van der Waals surface area contributed by atoms with E-state index in [1.807, 2.05) is 0 Å². The molecular weight excluding hydrogens is 250 g/mol. The molecule has 0 radical (unpaired) electrons. The molecule has 94 valence electrons. The summed E-state index contributed by atoms with van der Waals surface area (Å²) in [6.45, 7) is -0.317. The van der Waals surface area contributed by atoms with Crippen molar-refractivity contribution in [3.05, 3.63) is 21.7 Å². The summed E-state index contributed by atoms with van der Waals surface area (Å²) in [6, 6.07) is 0. The first kappa shape index (κ1) is 12.3. The number of halogens is 1. The van der Waals surface area contributed by atoms with Gasteiger partial charge >= 0.3 is 5.69 Å². The van der Waals surface area contributed by atoms with Crippen LogP contribution in [0.2, 0.25) is 5.02 Å². The van der Waals surface area contributed by atoms with Gasteiger partial charge in [-0.2, -0.15) is 4.98 Å². The van der Waals surface area contributed by atoms with Crippen LogP contribution in [0, 0.1) is 0 Å². The van der Waals surface area contributed by atoms with Crippen LogP contribution in [0.5, 0.6) is 0 Å². The van der Waals surface area contributed by atoms with Gasteiger partial charge in [-0.25, -0.2) is 4.79 Å². The molecule has 0 aliphatic carbocycles. The lowest BCUT2D eigenvalue weighted by Crippen LogP contribution is -2.28. The lowest BCUT2D eigenvalue weighted by Gasteiger charge is -2.14. The number of hydrogen-bond donors (Lipinski definition) is 3. The first-order valence-corrected chi connectivity index (χ1v) is 5.39. The molecule has 1 aliphatic rings. The molecule has 0 amide bonds. The molecule has 7 nitrogen and oxygen atoms in total. The predicted molar refractivity (Wildman–Crippen MR) is 59.5 cm³/mol. The Balaban J connectivity index is 2.30. The molecule has 4 N–H and O–H groups in total. The summed E-state index contributed by atoms with van der Waals surface area (Å²) in [4.78, 5) is 15.1. The Morgan fingerprint density at radius 1 is 1.71 bits per heavy atom. The predicted octanol–water partition coefficient (Wildman–Crippen LogP) is -0.880. The second-order valence-corrected chi connectivity index (χ2v) is 4.19. The van der Waals surface area contributed by atoms with Crippen molar-refractivity contribution >= 4 is 17.4 Å². The number of aliphatic hydroxyl groups is 2. The average molecular weight is 262 g/mol. The van der Waals surface area contributed by atoms with Crippen molar-refractivity contribution < 1.29 is 14.9 Å². The molecule has 1 saturated heterocycles. The van der Waals surface area contributed by atoms with Crippen molar-refractivity contribution in [2.45, 2.75) is 24.9 Å². The minimum Gasteiger partial charge on any atom is -0.394 e. The van der Waals surface area contributed by atoms with Gasteiger partial charge in [-0.15, -0.1) is 0 Å². The number of hydrogen-bond acceptors (Lipinski definition) is 6. The van der Waals surface area contributed by atoms with E-state index in [1.54, 1.807) is 0 Å². The van der Waals surface area contributed by atoms with E-state index in [9.17, 15) is 9.90 Å². The largest absolute Gasteiger partial charge is 0.394 e. The number of nitrogens with two attached hydrogens (primary N) is 1. The Bertz CT molecular complexity index is 478. The number of nitrogen functional groups attached to an aromatic ring is 1. The summed E-state index contributed by atoms with van der Waals surface area (Å²) in [5.41, 5.74) is 4.77. The summed E-state index contributed by atoms with van der Waals surface area (Å²) in [5.74, 6) is -0.0508. The van der Waals surface area contributed by atoms with Gasteiger partial charge in [0.1, 0.15) is 18.1 Å². The number of nitrogens with zero attached hydrogens (tertiary/aromatic N) is 2. The van der Waals surface area contributed by atoms with Crippen LogP contribution in [-0.4, -0.2) is 38.6 Å². The molecule has 17 heavy (non-hydrogen) atoms. The Morgan fingerprint density at radius 2 is 2.41 bits per heavy atom. The van der Waals surface area contributed by atoms with Crippen molar-refractivity contribution in [3.63, 3.8) is 0 Å². The maximum atomic E-state index is 11.6. The molecule has 3 atom stereocenters. The summed E-state index contributed by atoms with van der Waals surface area (Å²) >= 11 is 5.76. The minimum atomic E-state index is -0.826. The van der Waals surface area contributed by atoms with Gasteiger partial charge < -0.3 is 20.7 Å². The van der Waals surface area contributed by atoms with E-state index in [4.69, 9.17) is 27.2 Å². The topological polar surface area (TPSA) is 111 Å². The standard InChI is InChI=1S/C9H12ClN3O4/c10-4-2-13(9(16)12-8(4)11)7-1-5(15)6(3-14)17-7/h2,5-7,14-15H,1,3H2,(H2,11,12,16)/t5-,6+,7-/m1/s1. The van der Waals surface area contributed by atoms with Crippen LogP contribution in [0.4, 0.5) is 5.82 Å². The van der Waals surface area contributed by atoms with E-state index in [2.05, 4.69) is 4.98 Å². The van der Waals surface area contributed by atoms with Crippen molar-refractivity contribution in [1.82, 2.24) is 9.55 Å². The molecule has 0 spiro atoms. The second kappa shape index (κ2) is 4.61. The summed E-state index contributed by atoms with van der Waals surface area (Å²) < 4.78 is 6.46. The number of anilines is 1. The van der Waals surface area contributed by atoms with Crippen molar-refractivity contribution in [2.24, 2.45) is 0 Å². The van der Waals surface area contributed by atoms with Gasteiger partial charge in [0.2, 0.25) is 0 Å². The van der Waals surface area contributed by atoms with Gasteiger partial charge in [-0.1, -0.05) is 11.6 Å². The zero-order valence-corrected chi connectivity index (χ0v) is 9.54. The maximum Gasteiger partial charge on any atom is 0.351 e. The third-order valence-corrected chi connectivity index (χ3v) is 2.92. The quantitative estimate of drug-likeness (QED) is 0.638. The Kier molecular flexibility index (Phi) is 3.34. The molecule has 0 aromatic carbocycles. The zero-order chi connectivity index (χ0) is 12.6. The minimum absolute atomic E-state index is 0.0508. The van der Waals surface area contributed by atoms with E-state index in [0.717, 1.165) is 4.57 Å². The Morgan fingerprint density at radius 3 is 3.00 bits per heavy atom. The SMILES string of the molecule is Nc1nc(=O)n([C@H]2C[C@@H](O)[C@H](CO)O2)cc1Cl. The fourth-order valence-electron chi connectivity index (χ4n) is 1.71. The number of aromatic nitrogens is 2. The molecular formula is C9H12ClN3O4. The van der Waals surface area contributed by atoms with Crippen molar-refractivity contribution in [2.75, 3.05) is 12.3 Å². The highest BCUT2D eigenvalue weighted by Gasteiger charge is 2.35. The highest BCUT2D eigenvalue weighted by molar-refractivity contribution is 6.32. The second-order valence-electron chi connectivity index (χ2n) is 3.78. The van der Waals surface area contributed by atoms with E-state index in [-0.39, 0.29) is 23.9 Å². The van der Waals surface area contributed by atoms with Crippen LogP contribution in [0.3, 0.4) is 0 Å². The smallest absolute Gasteiger partial charge is 0.351 e. The number of aliphatic hydroxyl groups excluding tert-OH is 2. The third kappa shape index (κ3) is 2.27. The van der Waals surface area contributed by atoms with Gasteiger partial charge in [0.15, 0.2) is 0 Å². The number of rotatable bonds is 2. The van der Waals surface area contributed by atoms with Crippen molar-refractivity contribution in [3.8, 4) is 0 Å². The van der Waals surface area contributed by atoms with Crippen LogP contribution in [0.1, 0.15) is 12.6 Å². The highest BCUT2D eigenvalue weighted by Crippen LogP contribution is 2.28. The van der Waals surface area contributed by atoms with E-state index < -0.39 is 24.1 Å². The van der Waals surface area contributed by atoms with Crippen LogP contribution in [0.15, 0.2) is 11.0 Å². The van der Waals surface area contributed by atoms with Crippen LogP contribution < -0.4 is 11.4 Å². The van der Waals surface area contributed by atoms with Crippen LogP contribution in [-0.2, 0) is 4.74 Å². The molecule has 2 rings (SSSR count). The van der Waals surface area contributed by atoms with Gasteiger partial charge in [0.25, 0.3) is 0 Å². The van der Waals surface area contributed by atoms with Gasteiger partial charge in [-0.3, -0.25) is 4.57 Å². The molecule has 1 aromatic rings. The summed E-state index contributed by atoms with van der Waals surface area (Å²) in [6.07, 6.45) is -0.729. The Hall–Kier alpha value is -1.15. The molecule has 8 heteroatoms.